The number of carbonyl (C=O) groups excluding carboxylic acids is 2. The number of alkyl halides is 1. The molecule has 0 aliphatic carbocycles. The minimum absolute atomic E-state index is 0. The summed E-state index contributed by atoms with van der Waals surface area (Å²) in [6.07, 6.45) is 0.323. The van der Waals surface area contributed by atoms with E-state index in [9.17, 15) is 14.0 Å². The van der Waals surface area contributed by atoms with Crippen molar-refractivity contribution >= 4 is 22.7 Å². The van der Waals surface area contributed by atoms with Gasteiger partial charge in [-0.1, -0.05) is 5.39 Å². The van der Waals surface area contributed by atoms with E-state index in [0.29, 0.717) is 16.5 Å². The molecule has 1 aliphatic rings. The van der Waals surface area contributed by atoms with Gasteiger partial charge in [-0.2, -0.15) is 29.5 Å². The number of nitriles is 1. The van der Waals surface area contributed by atoms with Crippen LogP contribution in [0, 0.1) is 17.4 Å². The van der Waals surface area contributed by atoms with E-state index in [2.05, 4.69) is 16.4 Å². The molecule has 1 N–H and O–H groups in total. The molecule has 1 unspecified atom stereocenters. The number of nitrogens with one attached hydrogen (secondary N) is 1. The van der Waals surface area contributed by atoms with Crippen molar-refractivity contribution in [2.75, 3.05) is 13.1 Å². The first-order valence-electron chi connectivity index (χ1n) is 7.46. The van der Waals surface area contributed by atoms with Crippen LogP contribution >= 0.6 is 0 Å². The van der Waals surface area contributed by atoms with Crippen LogP contribution in [-0.4, -0.2) is 47.0 Å². The maximum absolute atomic E-state index is 13.4. The maximum atomic E-state index is 13.4. The molecule has 0 saturated carbocycles. The zero-order valence-electron chi connectivity index (χ0n) is 13.7. The van der Waals surface area contributed by atoms with Gasteiger partial charge in [-0.05, 0) is 11.6 Å². The van der Waals surface area contributed by atoms with Crippen LogP contribution in [0.3, 0.4) is 0 Å². The van der Waals surface area contributed by atoms with Crippen LogP contribution in [0.15, 0.2) is 30.5 Å². The van der Waals surface area contributed by atoms with E-state index >= 15 is 0 Å². The van der Waals surface area contributed by atoms with Crippen LogP contribution in [0.5, 0.6) is 0 Å². The number of fused-ring (bicyclic) bond motifs is 1. The first-order valence-corrected chi connectivity index (χ1v) is 7.46. The average Bonchev–Trinajstić information content (AvgIpc) is 3.00. The Labute approximate surface area is 203 Å². The first-order chi connectivity index (χ1) is 11.6. The summed E-state index contributed by atoms with van der Waals surface area (Å²) < 4.78 is 13.4. The van der Waals surface area contributed by atoms with E-state index in [1.165, 1.54) is 11.1 Å². The quantitative estimate of drug-likeness (QED) is 0.552. The van der Waals surface area contributed by atoms with E-state index in [4.69, 9.17) is 5.26 Å². The minimum atomic E-state index is -1.20. The van der Waals surface area contributed by atoms with Gasteiger partial charge in [0.1, 0.15) is 12.2 Å². The van der Waals surface area contributed by atoms with Gasteiger partial charge in [0, 0.05) is 18.2 Å². The molecule has 8 heteroatoms. The Morgan fingerprint density at radius 2 is 2.28 bits per heavy atom. The van der Waals surface area contributed by atoms with Crippen LogP contribution in [0.25, 0.3) is 10.9 Å². The molecule has 2 aromatic rings. The molecule has 1 saturated heterocycles. The van der Waals surface area contributed by atoms with E-state index in [1.807, 2.05) is 6.07 Å². The van der Waals surface area contributed by atoms with Gasteiger partial charge in [-0.25, -0.2) is 4.39 Å². The molecule has 6 nitrogen and oxygen atoms in total. The van der Waals surface area contributed by atoms with Gasteiger partial charge in [-0.3, -0.25) is 9.59 Å². The van der Waals surface area contributed by atoms with E-state index < -0.39 is 24.0 Å². The Morgan fingerprint density at radius 3 is 3.04 bits per heavy atom. The summed E-state index contributed by atoms with van der Waals surface area (Å²) in [6.45, 7) is -0.395. The number of aromatic nitrogens is 1. The molecule has 2 amide bonds. The fraction of sp³-hybridized carbons (Fsp3) is 0.294. The molecule has 25 heavy (non-hydrogen) atoms. The molecule has 1 aromatic carbocycles. The van der Waals surface area contributed by atoms with Crippen LogP contribution in [0.1, 0.15) is 16.8 Å². The van der Waals surface area contributed by atoms with Crippen LogP contribution in [0.2, 0.25) is 0 Å². The molecule has 1 fully saturated rings. The summed E-state index contributed by atoms with van der Waals surface area (Å²) >= 11 is 0. The summed E-state index contributed by atoms with van der Waals surface area (Å²) in [5.41, 5.74) is 1.02. The van der Waals surface area contributed by atoms with E-state index in [1.54, 1.807) is 24.3 Å². The molecule has 3 rings (SSSR count). The van der Waals surface area contributed by atoms with Gasteiger partial charge in [0.25, 0.3) is 0 Å². The Morgan fingerprint density at radius 1 is 1.48 bits per heavy atom. The predicted octanol–water partition coefficient (Wildman–Crippen LogP) is -1.77. The molecule has 2 atom stereocenters. The molecule has 0 radical (unpaired) electrons. The summed E-state index contributed by atoms with van der Waals surface area (Å²) in [7, 11) is 0. The van der Waals surface area contributed by atoms with Gasteiger partial charge in [-0.15, -0.1) is 0 Å². The van der Waals surface area contributed by atoms with Gasteiger partial charge in [0.2, 0.25) is 11.8 Å². The maximum Gasteiger partial charge on any atom is 1.00 e. The predicted molar refractivity (Wildman–Crippen MR) is 83.5 cm³/mol. The number of hydrogen-bond donors (Lipinski definition) is 1. The van der Waals surface area contributed by atoms with E-state index in [-0.39, 0.29) is 88.4 Å². The second-order valence-electron chi connectivity index (χ2n) is 5.51. The van der Waals surface area contributed by atoms with Crippen molar-refractivity contribution < 1.29 is 82.9 Å². The van der Waals surface area contributed by atoms with Crippen molar-refractivity contribution in [1.29, 1.82) is 5.26 Å². The third-order valence-corrected chi connectivity index (χ3v) is 3.95. The normalized spacial score (nSPS) is 19.1. The van der Waals surface area contributed by atoms with Crippen molar-refractivity contribution in [2.24, 2.45) is 0 Å². The number of hydrogen-bond acceptors (Lipinski definition) is 4. The number of halogens is 1. The van der Waals surface area contributed by atoms with Crippen LogP contribution < -0.4 is 74.2 Å². The zero-order valence-corrected chi connectivity index (χ0v) is 20.0. The van der Waals surface area contributed by atoms with Gasteiger partial charge >= 0.3 is 68.9 Å². The van der Waals surface area contributed by atoms with E-state index in [0.717, 1.165) is 0 Å². The fourth-order valence-corrected chi connectivity index (χ4v) is 2.77. The monoisotopic (exact) mass is 458 g/mol. The SMILES string of the molecule is N#C[C@@H]1CC(F)CN1C(=O)CNC(=O)c1ccnc2c[c-]ccc12.[Cs+]. The molecule has 122 valence electrons. The average molecular weight is 458 g/mol. The third-order valence-electron chi connectivity index (χ3n) is 3.95. The Balaban J connectivity index is 0.00000225. The second-order valence-corrected chi connectivity index (χ2v) is 5.51. The molecule has 2 heterocycles. The second kappa shape index (κ2) is 9.12. The number of nitrogens with zero attached hydrogens (tertiary/aromatic N) is 3. The fourth-order valence-electron chi connectivity index (χ4n) is 2.77. The zero-order chi connectivity index (χ0) is 17.1. The standard InChI is InChI=1S/C17H14FN4O2.Cs/c18-11-7-12(8-19)22(10-11)16(23)9-21-17(24)14-5-6-20-15-4-2-1-3-13(14)15;/h1,3-6,11-12H,7,9-10H2,(H,21,24);/q-1;+1/t11?,12-;/m0./s1. The number of rotatable bonds is 3. The topological polar surface area (TPSA) is 86.1 Å². The van der Waals surface area contributed by atoms with Gasteiger partial charge in [0.05, 0.1) is 19.2 Å². The van der Waals surface area contributed by atoms with Crippen molar-refractivity contribution in [3.8, 4) is 6.07 Å². The summed E-state index contributed by atoms with van der Waals surface area (Å²) in [5, 5.41) is 12.2. The van der Waals surface area contributed by atoms with Crippen molar-refractivity contribution in [2.45, 2.75) is 18.6 Å². The van der Waals surface area contributed by atoms with Crippen LogP contribution in [0.4, 0.5) is 4.39 Å². The molecule has 1 aliphatic heterocycles. The largest absolute Gasteiger partial charge is 1.00 e. The Kier molecular flexibility index (Phi) is 7.42. The molecular formula is C17H14CsFN4O2. The number of carbonyl (C=O) groups is 2. The van der Waals surface area contributed by atoms with Crippen molar-refractivity contribution in [3.63, 3.8) is 0 Å². The number of likely N-dealkylation sites (tertiary alicyclic amines) is 1. The molecule has 1 aromatic heterocycles. The minimum Gasteiger partial charge on any atom is -0.343 e. The smallest absolute Gasteiger partial charge is 0.343 e. The summed E-state index contributed by atoms with van der Waals surface area (Å²) in [4.78, 5) is 29.8. The number of pyridine rings is 1. The van der Waals surface area contributed by atoms with Crippen LogP contribution in [-0.2, 0) is 4.79 Å². The summed E-state index contributed by atoms with van der Waals surface area (Å²) in [5.74, 6) is -0.895. The van der Waals surface area contributed by atoms with Crippen molar-refractivity contribution in [1.82, 2.24) is 15.2 Å². The van der Waals surface area contributed by atoms with Gasteiger partial charge in [0.15, 0.2) is 0 Å². The third kappa shape index (κ3) is 4.61. The summed E-state index contributed by atoms with van der Waals surface area (Å²) in [6, 6.07) is 10.6. The number of benzene rings is 1. The van der Waals surface area contributed by atoms with Gasteiger partial charge < -0.3 is 15.2 Å². The number of amides is 2. The Bertz CT molecular complexity index is 834. The molecule has 0 bridgehead atoms. The van der Waals surface area contributed by atoms with Crippen molar-refractivity contribution in [3.05, 3.63) is 42.1 Å². The Hall–Kier alpha value is -0.958. The first kappa shape index (κ1) is 20.4. The molecular weight excluding hydrogens is 444 g/mol. The molecule has 0 spiro atoms.